The number of methoxy groups -OCH3 is 2. The molecule has 0 spiro atoms. The molecule has 9 heteroatoms. The Morgan fingerprint density at radius 2 is 1.67 bits per heavy atom. The average molecular weight is 451 g/mol. The number of carbonyl (C=O) groups is 2. The maximum atomic E-state index is 12.7. The van der Waals surface area contributed by atoms with E-state index in [1.807, 2.05) is 36.4 Å². The quantitative estimate of drug-likeness (QED) is 0.459. The summed E-state index contributed by atoms with van der Waals surface area (Å²) in [5.41, 5.74) is 7.32. The van der Waals surface area contributed by atoms with Crippen LogP contribution in [0.4, 0.5) is 0 Å². The van der Waals surface area contributed by atoms with Crippen molar-refractivity contribution in [1.82, 2.24) is 10.3 Å². The van der Waals surface area contributed by atoms with Crippen LogP contribution >= 0.6 is 0 Å². The van der Waals surface area contributed by atoms with E-state index in [0.717, 1.165) is 16.9 Å². The Bertz CT molecular complexity index is 1060. The molecule has 2 aromatic carbocycles. The standard InChI is InChI=1S/C24H25N3O6/c1-30-20-10-18(11-21(31-2)23(20)33-15-22(25)28)24(29)27-13-16-5-7-19(8-6-16)32-14-17-4-3-9-26-12-17/h3-12H,13-15H2,1-2H3,(H2,25,28)(H,27,29). The molecule has 9 nitrogen and oxygen atoms in total. The lowest BCUT2D eigenvalue weighted by molar-refractivity contribution is -0.120. The normalized spacial score (nSPS) is 10.2. The van der Waals surface area contributed by atoms with Gasteiger partial charge in [-0.3, -0.25) is 14.6 Å². The van der Waals surface area contributed by atoms with E-state index in [4.69, 9.17) is 24.7 Å². The van der Waals surface area contributed by atoms with Gasteiger partial charge >= 0.3 is 0 Å². The van der Waals surface area contributed by atoms with Crippen molar-refractivity contribution in [1.29, 1.82) is 0 Å². The molecule has 0 fully saturated rings. The zero-order chi connectivity index (χ0) is 23.6. The highest BCUT2D eigenvalue weighted by Gasteiger charge is 2.18. The molecule has 0 unspecified atom stereocenters. The van der Waals surface area contributed by atoms with Crippen LogP contribution in [0.3, 0.4) is 0 Å². The van der Waals surface area contributed by atoms with Gasteiger partial charge in [0.05, 0.1) is 14.2 Å². The summed E-state index contributed by atoms with van der Waals surface area (Å²) in [5, 5.41) is 2.85. The number of pyridine rings is 1. The molecule has 1 aromatic heterocycles. The fourth-order valence-electron chi connectivity index (χ4n) is 2.93. The first-order valence-corrected chi connectivity index (χ1v) is 10.1. The van der Waals surface area contributed by atoms with Crippen LogP contribution in [0.15, 0.2) is 60.9 Å². The van der Waals surface area contributed by atoms with Crippen LogP contribution < -0.4 is 30.0 Å². The first kappa shape index (κ1) is 23.4. The Balaban J connectivity index is 1.61. The number of ether oxygens (including phenoxy) is 4. The van der Waals surface area contributed by atoms with Gasteiger partial charge in [-0.1, -0.05) is 18.2 Å². The summed E-state index contributed by atoms with van der Waals surface area (Å²) in [6, 6.07) is 14.2. The molecular weight excluding hydrogens is 426 g/mol. The molecule has 0 aliphatic carbocycles. The number of amides is 2. The second-order valence-electron chi connectivity index (χ2n) is 6.94. The van der Waals surface area contributed by atoms with Gasteiger partial charge in [-0.05, 0) is 35.9 Å². The van der Waals surface area contributed by atoms with Crippen molar-refractivity contribution >= 4 is 11.8 Å². The number of primary amides is 1. The molecule has 1 heterocycles. The molecule has 0 aliphatic heterocycles. The molecule has 0 radical (unpaired) electrons. The largest absolute Gasteiger partial charge is 0.493 e. The number of nitrogens with two attached hydrogens (primary N) is 1. The summed E-state index contributed by atoms with van der Waals surface area (Å²) in [4.78, 5) is 27.8. The lowest BCUT2D eigenvalue weighted by Crippen LogP contribution is -2.23. The number of benzene rings is 2. The first-order valence-electron chi connectivity index (χ1n) is 10.1. The SMILES string of the molecule is COc1cc(C(=O)NCc2ccc(OCc3cccnc3)cc2)cc(OC)c1OCC(N)=O. The Morgan fingerprint density at radius 3 is 2.24 bits per heavy atom. The number of nitrogens with zero attached hydrogens (tertiary/aromatic N) is 1. The average Bonchev–Trinajstić information content (AvgIpc) is 2.85. The Hall–Kier alpha value is -4.27. The van der Waals surface area contributed by atoms with Crippen molar-refractivity contribution in [2.75, 3.05) is 20.8 Å². The van der Waals surface area contributed by atoms with Crippen LogP contribution in [-0.4, -0.2) is 37.6 Å². The third kappa shape index (κ3) is 6.60. The summed E-state index contributed by atoms with van der Waals surface area (Å²) in [6.45, 7) is 0.388. The van der Waals surface area contributed by atoms with Crippen LogP contribution in [0.25, 0.3) is 0 Å². The summed E-state index contributed by atoms with van der Waals surface area (Å²) in [6.07, 6.45) is 3.47. The highest BCUT2D eigenvalue weighted by molar-refractivity contribution is 5.95. The van der Waals surface area contributed by atoms with Crippen LogP contribution in [0, 0.1) is 0 Å². The lowest BCUT2D eigenvalue weighted by Gasteiger charge is -2.15. The van der Waals surface area contributed by atoms with Crippen molar-refractivity contribution in [3.8, 4) is 23.0 Å². The number of hydrogen-bond acceptors (Lipinski definition) is 7. The fourth-order valence-corrected chi connectivity index (χ4v) is 2.93. The number of rotatable bonds is 11. The summed E-state index contributed by atoms with van der Waals surface area (Å²) < 4.78 is 21.7. The van der Waals surface area contributed by atoms with E-state index < -0.39 is 5.91 Å². The smallest absolute Gasteiger partial charge is 0.255 e. The van der Waals surface area contributed by atoms with Crippen LogP contribution in [-0.2, 0) is 17.9 Å². The summed E-state index contributed by atoms with van der Waals surface area (Å²) >= 11 is 0. The second-order valence-corrected chi connectivity index (χ2v) is 6.94. The summed E-state index contributed by atoms with van der Waals surface area (Å²) in [7, 11) is 2.84. The number of carbonyl (C=O) groups excluding carboxylic acids is 2. The molecule has 33 heavy (non-hydrogen) atoms. The minimum absolute atomic E-state index is 0.192. The first-order chi connectivity index (χ1) is 16.0. The third-order valence-corrected chi connectivity index (χ3v) is 4.59. The van der Waals surface area contributed by atoms with E-state index in [1.54, 1.807) is 12.4 Å². The van der Waals surface area contributed by atoms with Crippen molar-refractivity contribution in [2.45, 2.75) is 13.2 Å². The van der Waals surface area contributed by atoms with E-state index in [2.05, 4.69) is 10.3 Å². The van der Waals surface area contributed by atoms with Crippen molar-refractivity contribution < 1.29 is 28.5 Å². The minimum atomic E-state index is -0.644. The molecule has 3 rings (SSSR count). The van der Waals surface area contributed by atoms with Gasteiger partial charge in [0.25, 0.3) is 11.8 Å². The van der Waals surface area contributed by atoms with Crippen molar-refractivity contribution in [3.05, 3.63) is 77.6 Å². The molecule has 2 amide bonds. The molecule has 0 saturated carbocycles. The number of hydrogen-bond donors (Lipinski definition) is 2. The van der Waals surface area contributed by atoms with Gasteiger partial charge in [-0.15, -0.1) is 0 Å². The maximum absolute atomic E-state index is 12.7. The highest BCUT2D eigenvalue weighted by atomic mass is 16.5. The predicted molar refractivity (Wildman–Crippen MR) is 120 cm³/mol. The van der Waals surface area contributed by atoms with Gasteiger partial charge in [0.1, 0.15) is 12.4 Å². The molecule has 3 aromatic rings. The predicted octanol–water partition coefficient (Wildman–Crippen LogP) is 2.47. The van der Waals surface area contributed by atoms with E-state index in [1.165, 1.54) is 26.4 Å². The lowest BCUT2D eigenvalue weighted by atomic mass is 10.1. The molecular formula is C24H25N3O6. The second kappa shape index (κ2) is 11.4. The zero-order valence-electron chi connectivity index (χ0n) is 18.4. The molecule has 0 aliphatic rings. The Kier molecular flexibility index (Phi) is 8.07. The van der Waals surface area contributed by atoms with Crippen molar-refractivity contribution in [3.63, 3.8) is 0 Å². The maximum Gasteiger partial charge on any atom is 0.255 e. The van der Waals surface area contributed by atoms with Gasteiger partial charge in [-0.2, -0.15) is 0 Å². The third-order valence-electron chi connectivity index (χ3n) is 4.59. The number of nitrogens with one attached hydrogen (secondary N) is 1. The molecule has 172 valence electrons. The molecule has 3 N–H and O–H groups in total. The van der Waals surface area contributed by atoms with Gasteiger partial charge in [0, 0.05) is 30.1 Å². The topological polar surface area (TPSA) is 122 Å². The number of aromatic nitrogens is 1. The van der Waals surface area contributed by atoms with Crippen LogP contribution in [0.5, 0.6) is 23.0 Å². The highest BCUT2D eigenvalue weighted by Crippen LogP contribution is 2.38. The van der Waals surface area contributed by atoms with Gasteiger partial charge in [-0.25, -0.2) is 0 Å². The fraction of sp³-hybridized carbons (Fsp3) is 0.208. The Morgan fingerprint density at radius 1 is 0.970 bits per heavy atom. The van der Waals surface area contributed by atoms with E-state index >= 15 is 0 Å². The molecule has 0 atom stereocenters. The minimum Gasteiger partial charge on any atom is -0.493 e. The molecule has 0 bridgehead atoms. The zero-order valence-corrected chi connectivity index (χ0v) is 18.4. The van der Waals surface area contributed by atoms with Gasteiger partial charge in [0.2, 0.25) is 5.75 Å². The Labute approximate surface area is 191 Å². The monoisotopic (exact) mass is 451 g/mol. The van der Waals surface area contributed by atoms with Crippen LogP contribution in [0.1, 0.15) is 21.5 Å². The van der Waals surface area contributed by atoms with E-state index in [-0.39, 0.29) is 29.8 Å². The van der Waals surface area contributed by atoms with Gasteiger partial charge < -0.3 is 30.0 Å². The van der Waals surface area contributed by atoms with E-state index in [0.29, 0.717) is 18.7 Å². The van der Waals surface area contributed by atoms with Gasteiger partial charge in [0.15, 0.2) is 18.1 Å². The molecule has 0 saturated heterocycles. The van der Waals surface area contributed by atoms with Crippen LogP contribution in [0.2, 0.25) is 0 Å². The van der Waals surface area contributed by atoms with E-state index in [9.17, 15) is 9.59 Å². The van der Waals surface area contributed by atoms with Crippen molar-refractivity contribution in [2.24, 2.45) is 5.73 Å². The summed E-state index contributed by atoms with van der Waals surface area (Å²) in [5.74, 6) is 0.429.